The molecule has 0 saturated heterocycles. The van der Waals surface area contributed by atoms with Crippen molar-refractivity contribution in [2.75, 3.05) is 25.5 Å². The quantitative estimate of drug-likeness (QED) is 0.539. The molecule has 6 heteroatoms. The van der Waals surface area contributed by atoms with Crippen molar-refractivity contribution in [3.05, 3.63) is 95.4 Å². The first kappa shape index (κ1) is 21.6. The smallest absolute Gasteiger partial charge is 0.214 e. The fourth-order valence-electron chi connectivity index (χ4n) is 4.08. The van der Waals surface area contributed by atoms with Crippen molar-refractivity contribution in [3.63, 3.8) is 0 Å². The van der Waals surface area contributed by atoms with Gasteiger partial charge in [0.15, 0.2) is 5.78 Å². The Morgan fingerprint density at radius 3 is 2.59 bits per heavy atom. The van der Waals surface area contributed by atoms with Crippen LogP contribution in [0.15, 0.2) is 78.5 Å². The van der Waals surface area contributed by atoms with Crippen LogP contribution in [-0.4, -0.2) is 35.9 Å². The number of Topliss-reactive ketones (excluding diaryl/α,β-unsaturated/α-hetero) is 1. The van der Waals surface area contributed by atoms with E-state index in [1.165, 1.54) is 12.1 Å². The summed E-state index contributed by atoms with van der Waals surface area (Å²) in [6.45, 7) is 3.70. The van der Waals surface area contributed by atoms with E-state index in [1.807, 2.05) is 30.3 Å². The molecule has 5 nitrogen and oxygen atoms in total. The molecular weight excluding hydrogens is 405 g/mol. The molecule has 2 heterocycles. The van der Waals surface area contributed by atoms with Gasteiger partial charge in [-0.2, -0.15) is 0 Å². The Bertz CT molecular complexity index is 1110. The van der Waals surface area contributed by atoms with E-state index in [9.17, 15) is 9.18 Å². The van der Waals surface area contributed by atoms with E-state index < -0.39 is 6.04 Å². The van der Waals surface area contributed by atoms with Crippen LogP contribution in [-0.2, 0) is 4.79 Å². The summed E-state index contributed by atoms with van der Waals surface area (Å²) in [5.74, 6) is 0.0810. The molecule has 0 bridgehead atoms. The zero-order valence-electron chi connectivity index (χ0n) is 18.2. The van der Waals surface area contributed by atoms with Gasteiger partial charge in [0.2, 0.25) is 5.88 Å². The summed E-state index contributed by atoms with van der Waals surface area (Å²) in [5, 5.41) is 3.33. The number of hydrogen-bond donors (Lipinski definition) is 1. The predicted octanol–water partition coefficient (Wildman–Crippen LogP) is 5.09. The van der Waals surface area contributed by atoms with Gasteiger partial charge in [-0.25, -0.2) is 9.37 Å². The maximum atomic E-state index is 13.9. The Balaban J connectivity index is 1.77. The van der Waals surface area contributed by atoms with Gasteiger partial charge in [-0.1, -0.05) is 42.5 Å². The number of carbonyl (C=O) groups excluding carboxylic acids is 1. The van der Waals surface area contributed by atoms with Crippen LogP contribution in [0.3, 0.4) is 0 Å². The molecule has 1 atom stereocenters. The molecular formula is C26H26FN3O2. The topological polar surface area (TPSA) is 54.5 Å². The van der Waals surface area contributed by atoms with Crippen LogP contribution >= 0.6 is 0 Å². The monoisotopic (exact) mass is 431 g/mol. The summed E-state index contributed by atoms with van der Waals surface area (Å²) in [7, 11) is 1.55. The summed E-state index contributed by atoms with van der Waals surface area (Å²) in [6, 6.07) is 18.9. The van der Waals surface area contributed by atoms with Crippen LogP contribution in [0.5, 0.6) is 5.88 Å². The Kier molecular flexibility index (Phi) is 6.50. The molecule has 1 aromatic heterocycles. The number of ether oxygens (including phenoxy) is 1. The molecule has 0 aliphatic carbocycles. The first-order valence-corrected chi connectivity index (χ1v) is 10.7. The fraction of sp³-hybridized carbons (Fsp3) is 0.231. The van der Waals surface area contributed by atoms with Crippen molar-refractivity contribution in [1.82, 2.24) is 9.88 Å². The lowest BCUT2D eigenvalue weighted by molar-refractivity contribution is -0.116. The third kappa shape index (κ3) is 4.49. The summed E-state index contributed by atoms with van der Waals surface area (Å²) in [4.78, 5) is 20.3. The number of carbonyl (C=O) groups is 1. The third-order valence-electron chi connectivity index (χ3n) is 5.68. The molecule has 0 fully saturated rings. The van der Waals surface area contributed by atoms with Crippen molar-refractivity contribution in [1.29, 1.82) is 0 Å². The number of methoxy groups -OCH3 is 1. The number of ketones is 1. The molecule has 1 aliphatic rings. The molecule has 0 amide bonds. The number of benzene rings is 2. The maximum Gasteiger partial charge on any atom is 0.214 e. The van der Waals surface area contributed by atoms with Crippen LogP contribution in [0.4, 0.5) is 10.1 Å². The van der Waals surface area contributed by atoms with Gasteiger partial charge in [-0.15, -0.1) is 0 Å². The Labute approximate surface area is 187 Å². The van der Waals surface area contributed by atoms with Crippen LogP contribution in [0.25, 0.3) is 5.70 Å². The number of anilines is 1. The zero-order chi connectivity index (χ0) is 22.5. The summed E-state index contributed by atoms with van der Waals surface area (Å²) >= 11 is 0. The summed E-state index contributed by atoms with van der Waals surface area (Å²) < 4.78 is 18.8. The highest BCUT2D eigenvalue weighted by molar-refractivity contribution is 6.07. The molecule has 164 valence electrons. The lowest BCUT2D eigenvalue weighted by atomic mass is 9.93. The summed E-state index contributed by atoms with van der Waals surface area (Å²) in [6.07, 6.45) is 2.28. The van der Waals surface area contributed by atoms with Crippen LogP contribution < -0.4 is 10.1 Å². The highest BCUT2D eigenvalue weighted by Crippen LogP contribution is 2.35. The van der Waals surface area contributed by atoms with Crippen molar-refractivity contribution >= 4 is 17.2 Å². The lowest BCUT2D eigenvalue weighted by Crippen LogP contribution is -2.23. The van der Waals surface area contributed by atoms with Gasteiger partial charge in [0.1, 0.15) is 11.9 Å². The second-order valence-corrected chi connectivity index (χ2v) is 7.60. The number of nitrogens with one attached hydrogen (secondary N) is 1. The van der Waals surface area contributed by atoms with Gasteiger partial charge in [-0.3, -0.25) is 4.79 Å². The fourth-order valence-corrected chi connectivity index (χ4v) is 4.08. The van der Waals surface area contributed by atoms with E-state index >= 15 is 0 Å². The highest BCUT2D eigenvalue weighted by atomic mass is 19.1. The molecule has 0 radical (unpaired) electrons. The molecule has 4 rings (SSSR count). The molecule has 2 aromatic carbocycles. The van der Waals surface area contributed by atoms with Crippen molar-refractivity contribution in [3.8, 4) is 5.88 Å². The SMILES string of the molecule is CCN1CCC(C(=O)C(Nc2ccnc(OC)c2)c2ccc(F)cc2)=C1c1ccccc1. The molecule has 1 unspecified atom stereocenters. The Morgan fingerprint density at radius 2 is 1.91 bits per heavy atom. The van der Waals surface area contributed by atoms with Gasteiger partial charge in [0.25, 0.3) is 0 Å². The van der Waals surface area contributed by atoms with E-state index in [-0.39, 0.29) is 11.6 Å². The first-order chi connectivity index (χ1) is 15.6. The minimum absolute atomic E-state index is 0.0257. The molecule has 0 spiro atoms. The van der Waals surface area contributed by atoms with Crippen LogP contribution in [0.1, 0.15) is 30.5 Å². The first-order valence-electron chi connectivity index (χ1n) is 10.7. The van der Waals surface area contributed by atoms with Crippen molar-refractivity contribution < 1.29 is 13.9 Å². The van der Waals surface area contributed by atoms with Gasteiger partial charge < -0.3 is 15.0 Å². The van der Waals surface area contributed by atoms with Gasteiger partial charge in [0, 0.05) is 36.6 Å². The Hall–Kier alpha value is -3.67. The van der Waals surface area contributed by atoms with E-state index in [4.69, 9.17) is 4.74 Å². The van der Waals surface area contributed by atoms with Gasteiger partial charge in [0.05, 0.1) is 12.8 Å². The lowest BCUT2D eigenvalue weighted by Gasteiger charge is -2.23. The average molecular weight is 432 g/mol. The van der Waals surface area contributed by atoms with Crippen molar-refractivity contribution in [2.45, 2.75) is 19.4 Å². The van der Waals surface area contributed by atoms with Gasteiger partial charge in [-0.05, 0) is 42.7 Å². The number of aromatic nitrogens is 1. The van der Waals surface area contributed by atoms with E-state index in [2.05, 4.69) is 22.1 Å². The number of nitrogens with zero attached hydrogens (tertiary/aromatic N) is 2. The standard InChI is InChI=1S/C26H26FN3O2/c1-3-30-16-14-22(25(30)19-7-5-4-6-8-19)26(31)24(18-9-11-20(27)12-10-18)29-21-13-15-28-23(17-21)32-2/h4-13,15,17,24H,3,14,16H2,1-2H3,(H,28,29). The zero-order valence-corrected chi connectivity index (χ0v) is 18.2. The van der Waals surface area contributed by atoms with Crippen molar-refractivity contribution in [2.24, 2.45) is 0 Å². The predicted molar refractivity (Wildman–Crippen MR) is 124 cm³/mol. The largest absolute Gasteiger partial charge is 0.481 e. The molecule has 1 N–H and O–H groups in total. The van der Waals surface area contributed by atoms with Crippen LogP contribution in [0, 0.1) is 5.82 Å². The maximum absolute atomic E-state index is 13.9. The summed E-state index contributed by atoms with van der Waals surface area (Å²) in [5.41, 5.74) is 4.17. The molecule has 3 aromatic rings. The molecule has 0 saturated carbocycles. The molecule has 32 heavy (non-hydrogen) atoms. The average Bonchev–Trinajstić information content (AvgIpc) is 3.28. The minimum Gasteiger partial charge on any atom is -0.481 e. The van der Waals surface area contributed by atoms with Crippen LogP contribution in [0.2, 0.25) is 0 Å². The number of rotatable bonds is 8. The number of halogens is 1. The van der Waals surface area contributed by atoms with E-state index in [1.54, 1.807) is 37.6 Å². The second kappa shape index (κ2) is 9.64. The normalized spacial score (nSPS) is 14.4. The number of pyridine rings is 1. The van der Waals surface area contributed by atoms with E-state index in [0.29, 0.717) is 23.6 Å². The second-order valence-electron chi connectivity index (χ2n) is 7.60. The van der Waals surface area contributed by atoms with Gasteiger partial charge >= 0.3 is 0 Å². The highest BCUT2D eigenvalue weighted by Gasteiger charge is 2.32. The minimum atomic E-state index is -0.673. The third-order valence-corrected chi connectivity index (χ3v) is 5.68. The van der Waals surface area contributed by atoms with E-state index in [0.717, 1.165) is 29.9 Å². The molecule has 1 aliphatic heterocycles. The number of hydrogen-bond acceptors (Lipinski definition) is 5. The Morgan fingerprint density at radius 1 is 1.16 bits per heavy atom.